The first kappa shape index (κ1) is 22.8. The maximum atomic E-state index is 13.8. The van der Waals surface area contributed by atoms with E-state index in [1.54, 1.807) is 37.3 Å². The molecule has 1 saturated heterocycles. The SMILES string of the molecule is Cc1ccc([C@@]2(c3ccccc3)NC(=O)N(CC(=O)c3ccc(C)c([N+](=O)[O-])c3)C2=O)cc1C. The maximum absolute atomic E-state index is 13.8. The number of carbonyl (C=O) groups is 3. The molecule has 8 nitrogen and oxygen atoms in total. The number of hydrogen-bond acceptors (Lipinski definition) is 5. The van der Waals surface area contributed by atoms with Crippen LogP contribution in [0.1, 0.15) is 38.2 Å². The number of nitrogens with one attached hydrogen (secondary N) is 1. The van der Waals surface area contributed by atoms with Gasteiger partial charge in [0.25, 0.3) is 11.6 Å². The van der Waals surface area contributed by atoms with Crippen molar-refractivity contribution < 1.29 is 19.3 Å². The first-order chi connectivity index (χ1) is 16.1. The van der Waals surface area contributed by atoms with Crippen LogP contribution in [-0.2, 0) is 10.3 Å². The van der Waals surface area contributed by atoms with Gasteiger partial charge >= 0.3 is 6.03 Å². The van der Waals surface area contributed by atoms with Gasteiger partial charge in [0.2, 0.25) is 0 Å². The largest absolute Gasteiger partial charge is 0.325 e. The Morgan fingerprint density at radius 3 is 2.24 bits per heavy atom. The molecule has 1 atom stereocenters. The van der Waals surface area contributed by atoms with Gasteiger partial charge in [-0.15, -0.1) is 0 Å². The van der Waals surface area contributed by atoms with Crippen molar-refractivity contribution in [2.45, 2.75) is 26.3 Å². The minimum Gasteiger partial charge on any atom is -0.315 e. The fourth-order valence-corrected chi connectivity index (χ4v) is 4.15. The summed E-state index contributed by atoms with van der Waals surface area (Å²) in [5.41, 5.74) is 1.93. The summed E-state index contributed by atoms with van der Waals surface area (Å²) in [6.45, 7) is 4.91. The van der Waals surface area contributed by atoms with Crippen LogP contribution in [0.15, 0.2) is 66.7 Å². The fourth-order valence-electron chi connectivity index (χ4n) is 4.15. The van der Waals surface area contributed by atoms with Gasteiger partial charge in [-0.1, -0.05) is 60.7 Å². The van der Waals surface area contributed by atoms with Gasteiger partial charge < -0.3 is 5.32 Å². The third-order valence-corrected chi connectivity index (χ3v) is 6.28. The van der Waals surface area contributed by atoms with E-state index in [0.29, 0.717) is 16.7 Å². The van der Waals surface area contributed by atoms with E-state index >= 15 is 0 Å². The van der Waals surface area contributed by atoms with Crippen molar-refractivity contribution in [3.8, 4) is 0 Å². The number of imide groups is 1. The van der Waals surface area contributed by atoms with Gasteiger partial charge in [-0.25, -0.2) is 4.79 Å². The lowest BCUT2D eigenvalue weighted by atomic mass is 9.81. The van der Waals surface area contributed by atoms with Gasteiger partial charge in [0, 0.05) is 17.2 Å². The summed E-state index contributed by atoms with van der Waals surface area (Å²) in [5.74, 6) is -1.16. The molecule has 1 fully saturated rings. The number of rotatable bonds is 6. The van der Waals surface area contributed by atoms with Crippen LogP contribution in [0.5, 0.6) is 0 Å². The quantitative estimate of drug-likeness (QED) is 0.258. The highest BCUT2D eigenvalue weighted by Gasteiger charge is 2.54. The molecule has 0 spiro atoms. The Morgan fingerprint density at radius 2 is 1.59 bits per heavy atom. The number of nitro groups is 1. The van der Waals surface area contributed by atoms with E-state index in [-0.39, 0.29) is 11.3 Å². The molecule has 0 aromatic heterocycles. The zero-order valence-corrected chi connectivity index (χ0v) is 19.0. The third kappa shape index (κ3) is 3.73. The number of amides is 3. The molecular weight excluding hydrogens is 434 g/mol. The van der Waals surface area contributed by atoms with Gasteiger partial charge in [0.1, 0.15) is 0 Å². The van der Waals surface area contributed by atoms with Crippen LogP contribution in [0, 0.1) is 30.9 Å². The Labute approximate surface area is 196 Å². The molecule has 0 unspecified atom stereocenters. The molecule has 3 aromatic carbocycles. The van der Waals surface area contributed by atoms with E-state index < -0.39 is 34.7 Å². The molecule has 0 radical (unpaired) electrons. The minimum absolute atomic E-state index is 0.0568. The highest BCUT2D eigenvalue weighted by atomic mass is 16.6. The van der Waals surface area contributed by atoms with Crippen molar-refractivity contribution in [2.24, 2.45) is 0 Å². The zero-order chi connectivity index (χ0) is 24.6. The molecule has 1 heterocycles. The molecule has 3 aromatic rings. The van der Waals surface area contributed by atoms with Crippen LogP contribution in [-0.4, -0.2) is 34.1 Å². The van der Waals surface area contributed by atoms with Crippen LogP contribution in [0.25, 0.3) is 0 Å². The number of hydrogen-bond donors (Lipinski definition) is 1. The van der Waals surface area contributed by atoms with Crippen LogP contribution in [0.4, 0.5) is 10.5 Å². The molecule has 0 aliphatic carbocycles. The van der Waals surface area contributed by atoms with E-state index in [1.807, 2.05) is 32.0 Å². The lowest BCUT2D eigenvalue weighted by molar-refractivity contribution is -0.385. The third-order valence-electron chi connectivity index (χ3n) is 6.28. The smallest absolute Gasteiger partial charge is 0.315 e. The normalized spacial score (nSPS) is 17.6. The first-order valence-corrected chi connectivity index (χ1v) is 10.7. The summed E-state index contributed by atoms with van der Waals surface area (Å²) in [6, 6.07) is 17.8. The molecular formula is C26H23N3O5. The van der Waals surface area contributed by atoms with Crippen molar-refractivity contribution in [3.05, 3.63) is 110 Å². The molecule has 1 N–H and O–H groups in total. The first-order valence-electron chi connectivity index (χ1n) is 10.7. The topological polar surface area (TPSA) is 110 Å². The second-order valence-corrected chi connectivity index (χ2v) is 8.42. The van der Waals surface area contributed by atoms with E-state index in [2.05, 4.69) is 5.32 Å². The molecule has 4 rings (SSSR count). The van der Waals surface area contributed by atoms with Gasteiger partial charge in [0.15, 0.2) is 11.3 Å². The summed E-state index contributed by atoms with van der Waals surface area (Å²) >= 11 is 0. The molecule has 1 aliphatic heterocycles. The zero-order valence-electron chi connectivity index (χ0n) is 19.0. The van der Waals surface area contributed by atoms with Crippen LogP contribution in [0.3, 0.4) is 0 Å². The lowest BCUT2D eigenvalue weighted by Gasteiger charge is -2.28. The van der Waals surface area contributed by atoms with Gasteiger partial charge in [-0.05, 0) is 43.0 Å². The number of nitrogens with zero attached hydrogens (tertiary/aromatic N) is 2. The van der Waals surface area contributed by atoms with E-state index in [4.69, 9.17) is 0 Å². The van der Waals surface area contributed by atoms with Gasteiger partial charge in [-0.3, -0.25) is 24.6 Å². The lowest BCUT2D eigenvalue weighted by Crippen LogP contribution is -2.45. The monoisotopic (exact) mass is 457 g/mol. The second-order valence-electron chi connectivity index (χ2n) is 8.42. The van der Waals surface area contributed by atoms with E-state index in [0.717, 1.165) is 16.0 Å². The number of carbonyl (C=O) groups excluding carboxylic acids is 3. The minimum atomic E-state index is -1.49. The average molecular weight is 457 g/mol. The van der Waals surface area contributed by atoms with Crippen LogP contribution >= 0.6 is 0 Å². The van der Waals surface area contributed by atoms with E-state index in [1.165, 1.54) is 18.2 Å². The highest BCUT2D eigenvalue weighted by molar-refractivity contribution is 6.13. The fraction of sp³-hybridized carbons (Fsp3) is 0.192. The molecule has 3 amide bonds. The van der Waals surface area contributed by atoms with Crippen molar-refractivity contribution >= 4 is 23.4 Å². The Bertz CT molecular complexity index is 1340. The van der Waals surface area contributed by atoms with Crippen molar-refractivity contribution in [3.63, 3.8) is 0 Å². The average Bonchev–Trinajstić information content (AvgIpc) is 3.07. The van der Waals surface area contributed by atoms with Crippen molar-refractivity contribution in [1.29, 1.82) is 0 Å². The van der Waals surface area contributed by atoms with Crippen molar-refractivity contribution in [1.82, 2.24) is 10.2 Å². The predicted octanol–water partition coefficient (Wildman–Crippen LogP) is 4.20. The summed E-state index contributed by atoms with van der Waals surface area (Å²) in [7, 11) is 0. The molecule has 34 heavy (non-hydrogen) atoms. The Morgan fingerprint density at radius 1 is 0.912 bits per heavy atom. The molecule has 0 saturated carbocycles. The number of ketones is 1. The summed E-state index contributed by atoms with van der Waals surface area (Å²) < 4.78 is 0. The Balaban J connectivity index is 1.74. The molecule has 8 heteroatoms. The molecule has 0 bridgehead atoms. The predicted molar refractivity (Wildman–Crippen MR) is 126 cm³/mol. The maximum Gasteiger partial charge on any atom is 0.325 e. The Kier molecular flexibility index (Phi) is 5.75. The number of Topliss-reactive ketones (excluding diaryl/α,β-unsaturated/α-hetero) is 1. The van der Waals surface area contributed by atoms with Gasteiger partial charge in [-0.2, -0.15) is 0 Å². The number of urea groups is 1. The standard InChI is InChI=1S/C26H23N3O5/c1-16-10-12-21(13-18(16)3)26(20-7-5-4-6-8-20)24(31)28(25(32)27-26)15-23(30)19-11-9-17(2)22(14-19)29(33)34/h4-14H,15H2,1-3H3,(H,27,32)/t26-/m1/s1. The summed E-state index contributed by atoms with van der Waals surface area (Å²) in [4.78, 5) is 51.4. The van der Waals surface area contributed by atoms with E-state index in [9.17, 15) is 24.5 Å². The summed E-state index contributed by atoms with van der Waals surface area (Å²) in [5, 5.41) is 14.1. The Hall–Kier alpha value is -4.33. The second kappa shape index (κ2) is 8.55. The molecule has 172 valence electrons. The number of aryl methyl sites for hydroxylation is 3. The van der Waals surface area contributed by atoms with Crippen LogP contribution in [0.2, 0.25) is 0 Å². The molecule has 1 aliphatic rings. The van der Waals surface area contributed by atoms with Crippen molar-refractivity contribution in [2.75, 3.05) is 6.54 Å². The van der Waals surface area contributed by atoms with Gasteiger partial charge in [0.05, 0.1) is 11.5 Å². The summed E-state index contributed by atoms with van der Waals surface area (Å²) in [6.07, 6.45) is 0. The highest BCUT2D eigenvalue weighted by Crippen LogP contribution is 2.37. The number of benzene rings is 3. The van der Waals surface area contributed by atoms with Crippen LogP contribution < -0.4 is 5.32 Å². The number of nitro benzene ring substituents is 1.